The van der Waals surface area contributed by atoms with Crippen molar-refractivity contribution in [3.63, 3.8) is 0 Å². The molecule has 4 rings (SSSR count). The lowest BCUT2D eigenvalue weighted by molar-refractivity contribution is 0.199. The number of benzene rings is 1. The van der Waals surface area contributed by atoms with E-state index in [-0.39, 0.29) is 0 Å². The van der Waals surface area contributed by atoms with Crippen LogP contribution >= 0.6 is 23.4 Å². The number of hydrogen-bond acceptors (Lipinski definition) is 5. The summed E-state index contributed by atoms with van der Waals surface area (Å²) in [5, 5.41) is 10.8. The normalized spacial score (nSPS) is 15.6. The lowest BCUT2D eigenvalue weighted by Gasteiger charge is -2.31. The van der Waals surface area contributed by atoms with Crippen LogP contribution in [0.3, 0.4) is 0 Å². The molecule has 0 atom stereocenters. The molecule has 0 bridgehead atoms. The molecule has 0 amide bonds. The van der Waals surface area contributed by atoms with Gasteiger partial charge in [-0.1, -0.05) is 41.6 Å². The first-order valence-corrected chi connectivity index (χ1v) is 11.2. The van der Waals surface area contributed by atoms with Crippen molar-refractivity contribution in [2.45, 2.75) is 42.8 Å². The molecule has 3 aromatic rings. The maximum absolute atomic E-state index is 6.10. The van der Waals surface area contributed by atoms with E-state index in [2.05, 4.69) is 32.3 Å². The van der Waals surface area contributed by atoms with E-state index in [9.17, 15) is 0 Å². The molecule has 0 spiro atoms. The molecule has 29 heavy (non-hydrogen) atoms. The van der Waals surface area contributed by atoms with Gasteiger partial charge in [-0.15, -0.1) is 16.8 Å². The van der Waals surface area contributed by atoms with Gasteiger partial charge in [0, 0.05) is 35.3 Å². The van der Waals surface area contributed by atoms with Gasteiger partial charge in [-0.05, 0) is 49.7 Å². The summed E-state index contributed by atoms with van der Waals surface area (Å²) in [6.45, 7) is 7.72. The predicted molar refractivity (Wildman–Crippen MR) is 117 cm³/mol. The number of aromatic nitrogens is 3. The monoisotopic (exact) mass is 428 g/mol. The summed E-state index contributed by atoms with van der Waals surface area (Å²) < 4.78 is 7.41. The molecule has 3 heterocycles. The van der Waals surface area contributed by atoms with Crippen molar-refractivity contribution in [2.75, 3.05) is 13.1 Å². The van der Waals surface area contributed by atoms with Gasteiger partial charge < -0.3 is 8.98 Å². The third-order valence-corrected chi connectivity index (χ3v) is 6.53. The highest BCUT2D eigenvalue weighted by atomic mass is 35.5. The van der Waals surface area contributed by atoms with Crippen molar-refractivity contribution in [3.05, 3.63) is 77.5 Å². The maximum atomic E-state index is 6.10. The van der Waals surface area contributed by atoms with Gasteiger partial charge in [-0.2, -0.15) is 0 Å². The largest absolute Gasteiger partial charge is 0.472 e. The number of piperidine rings is 1. The first-order valence-electron chi connectivity index (χ1n) is 9.87. The minimum Gasteiger partial charge on any atom is -0.472 e. The average Bonchev–Trinajstić information content (AvgIpc) is 3.38. The van der Waals surface area contributed by atoms with Crippen molar-refractivity contribution in [2.24, 2.45) is 0 Å². The number of thioether (sulfide) groups is 1. The van der Waals surface area contributed by atoms with Gasteiger partial charge in [0.2, 0.25) is 0 Å². The van der Waals surface area contributed by atoms with Gasteiger partial charge >= 0.3 is 0 Å². The van der Waals surface area contributed by atoms with E-state index in [4.69, 9.17) is 16.0 Å². The van der Waals surface area contributed by atoms with Crippen molar-refractivity contribution in [3.8, 4) is 0 Å². The molecule has 5 nitrogen and oxygen atoms in total. The second kappa shape index (κ2) is 9.65. The van der Waals surface area contributed by atoms with Gasteiger partial charge in [-0.25, -0.2) is 0 Å². The number of furan rings is 1. The Kier molecular flexibility index (Phi) is 6.74. The van der Waals surface area contributed by atoms with Gasteiger partial charge in [-0.3, -0.25) is 4.90 Å². The summed E-state index contributed by atoms with van der Waals surface area (Å²) in [4.78, 5) is 2.48. The SMILES string of the molecule is C=CCn1c(SCc2cccc(Cl)c2)nnc1C1CCN(Cc2ccoc2)CC1. The van der Waals surface area contributed by atoms with Crippen LogP contribution in [0, 0.1) is 0 Å². The second-order valence-corrected chi connectivity index (χ2v) is 8.72. The van der Waals surface area contributed by atoms with E-state index in [1.807, 2.05) is 36.6 Å². The molecule has 0 radical (unpaired) electrons. The van der Waals surface area contributed by atoms with Crippen LogP contribution in [0.2, 0.25) is 5.02 Å². The summed E-state index contributed by atoms with van der Waals surface area (Å²) in [6, 6.07) is 10.0. The Morgan fingerprint density at radius 3 is 2.79 bits per heavy atom. The second-order valence-electron chi connectivity index (χ2n) is 7.34. The standard InChI is InChI=1S/C22H25ClN4OS/c1-2-9-27-21(19-6-10-26(11-7-19)14-18-8-12-28-15-18)24-25-22(27)29-16-17-4-3-5-20(23)13-17/h2-5,8,12-13,15,19H,1,6-7,9-11,14,16H2. The fourth-order valence-electron chi connectivity index (χ4n) is 3.77. The van der Waals surface area contributed by atoms with Crippen LogP contribution in [0.15, 0.2) is 65.1 Å². The third-order valence-electron chi connectivity index (χ3n) is 5.25. The zero-order valence-corrected chi connectivity index (χ0v) is 17.9. The lowest BCUT2D eigenvalue weighted by Crippen LogP contribution is -2.33. The molecular formula is C22H25ClN4OS. The lowest BCUT2D eigenvalue weighted by atomic mass is 9.95. The Morgan fingerprint density at radius 1 is 1.21 bits per heavy atom. The molecule has 1 aliphatic rings. The molecule has 1 aliphatic heterocycles. The van der Waals surface area contributed by atoms with Crippen LogP contribution in [-0.2, 0) is 18.8 Å². The van der Waals surface area contributed by atoms with E-state index < -0.39 is 0 Å². The smallest absolute Gasteiger partial charge is 0.191 e. The topological polar surface area (TPSA) is 47.1 Å². The van der Waals surface area contributed by atoms with E-state index in [1.165, 1.54) is 11.1 Å². The zero-order chi connectivity index (χ0) is 20.1. The van der Waals surface area contributed by atoms with Crippen molar-refractivity contribution < 1.29 is 4.42 Å². The summed E-state index contributed by atoms with van der Waals surface area (Å²) in [5.41, 5.74) is 2.42. The predicted octanol–water partition coefficient (Wildman–Crippen LogP) is 5.38. The molecule has 0 saturated carbocycles. The minimum atomic E-state index is 0.434. The quantitative estimate of drug-likeness (QED) is 0.356. The molecular weight excluding hydrogens is 404 g/mol. The number of halogens is 1. The third kappa shape index (κ3) is 5.13. The fourth-order valence-corrected chi connectivity index (χ4v) is 4.88. The highest BCUT2D eigenvalue weighted by Crippen LogP contribution is 2.31. The average molecular weight is 429 g/mol. The number of nitrogens with zero attached hydrogens (tertiary/aromatic N) is 4. The molecule has 0 unspecified atom stereocenters. The van der Waals surface area contributed by atoms with Gasteiger partial charge in [0.15, 0.2) is 5.16 Å². The summed E-state index contributed by atoms with van der Waals surface area (Å²) in [7, 11) is 0. The molecule has 152 valence electrons. The minimum absolute atomic E-state index is 0.434. The molecule has 7 heteroatoms. The van der Waals surface area contributed by atoms with Crippen LogP contribution in [0.5, 0.6) is 0 Å². The Labute approximate surface area is 180 Å². The molecule has 1 aromatic carbocycles. The Bertz CT molecular complexity index is 932. The van der Waals surface area contributed by atoms with E-state index in [1.54, 1.807) is 18.0 Å². The first-order chi connectivity index (χ1) is 14.2. The fraction of sp³-hybridized carbons (Fsp3) is 0.364. The van der Waals surface area contributed by atoms with Crippen molar-refractivity contribution >= 4 is 23.4 Å². The maximum Gasteiger partial charge on any atom is 0.191 e. The van der Waals surface area contributed by atoms with Crippen LogP contribution in [0.4, 0.5) is 0 Å². The number of rotatable bonds is 8. The Balaban J connectivity index is 1.40. The van der Waals surface area contributed by atoms with Gasteiger partial charge in [0.25, 0.3) is 0 Å². The van der Waals surface area contributed by atoms with Crippen molar-refractivity contribution in [1.82, 2.24) is 19.7 Å². The summed E-state index contributed by atoms with van der Waals surface area (Å²) in [6.07, 6.45) is 7.67. The summed E-state index contributed by atoms with van der Waals surface area (Å²) >= 11 is 7.80. The van der Waals surface area contributed by atoms with Crippen LogP contribution in [0.25, 0.3) is 0 Å². The Morgan fingerprint density at radius 2 is 2.07 bits per heavy atom. The Hall–Kier alpha value is -2.02. The molecule has 2 aromatic heterocycles. The van der Waals surface area contributed by atoms with E-state index >= 15 is 0 Å². The molecule has 1 saturated heterocycles. The first kappa shape index (κ1) is 20.3. The van der Waals surface area contributed by atoms with E-state index in [0.717, 1.165) is 60.8 Å². The highest BCUT2D eigenvalue weighted by molar-refractivity contribution is 7.98. The van der Waals surface area contributed by atoms with Crippen LogP contribution in [-0.4, -0.2) is 32.8 Å². The number of hydrogen-bond donors (Lipinski definition) is 0. The van der Waals surface area contributed by atoms with Gasteiger partial charge in [0.05, 0.1) is 12.5 Å². The zero-order valence-electron chi connectivity index (χ0n) is 16.3. The number of allylic oxidation sites excluding steroid dienone is 1. The molecule has 0 N–H and O–H groups in total. The van der Waals surface area contributed by atoms with Crippen LogP contribution in [0.1, 0.15) is 35.7 Å². The van der Waals surface area contributed by atoms with E-state index in [0.29, 0.717) is 5.92 Å². The summed E-state index contributed by atoms with van der Waals surface area (Å²) in [5.74, 6) is 2.34. The van der Waals surface area contributed by atoms with Crippen LogP contribution < -0.4 is 0 Å². The highest BCUT2D eigenvalue weighted by Gasteiger charge is 2.26. The molecule has 1 fully saturated rings. The number of likely N-dealkylation sites (tertiary alicyclic amines) is 1. The molecule has 0 aliphatic carbocycles. The van der Waals surface area contributed by atoms with Crippen molar-refractivity contribution in [1.29, 1.82) is 0 Å². The van der Waals surface area contributed by atoms with Gasteiger partial charge in [0.1, 0.15) is 5.82 Å².